The first-order chi connectivity index (χ1) is 7.83. The van der Waals surface area contributed by atoms with Crippen molar-refractivity contribution >= 4 is 0 Å². The highest BCUT2D eigenvalue weighted by molar-refractivity contribution is 4.71. The van der Waals surface area contributed by atoms with E-state index in [0.29, 0.717) is 13.2 Å². The summed E-state index contributed by atoms with van der Waals surface area (Å²) in [5.74, 6) is 0. The van der Waals surface area contributed by atoms with E-state index in [1.54, 1.807) is 7.11 Å². The maximum absolute atomic E-state index is 5.90. The van der Waals surface area contributed by atoms with Crippen LogP contribution in [-0.2, 0) is 14.2 Å². The number of rotatable bonds is 10. The highest BCUT2D eigenvalue weighted by Crippen LogP contribution is 2.20. The van der Waals surface area contributed by atoms with Crippen LogP contribution in [0.2, 0.25) is 0 Å². The van der Waals surface area contributed by atoms with Gasteiger partial charge in [0.25, 0.3) is 0 Å². The van der Waals surface area contributed by atoms with E-state index in [1.807, 2.05) is 0 Å². The van der Waals surface area contributed by atoms with Crippen molar-refractivity contribution in [1.82, 2.24) is 0 Å². The first kappa shape index (κ1) is 16.9. The average Bonchev–Trinajstić information content (AvgIpc) is 2.16. The van der Waals surface area contributed by atoms with E-state index in [1.165, 1.54) is 0 Å². The Morgan fingerprint density at radius 2 is 1.29 bits per heavy atom. The maximum atomic E-state index is 5.90. The van der Waals surface area contributed by atoms with Crippen molar-refractivity contribution in [3.05, 3.63) is 0 Å². The molecule has 0 saturated carbocycles. The molecule has 0 aromatic heterocycles. The van der Waals surface area contributed by atoms with E-state index in [0.717, 1.165) is 25.9 Å². The molecule has 0 aliphatic heterocycles. The van der Waals surface area contributed by atoms with Gasteiger partial charge in [-0.3, -0.25) is 0 Å². The second-order valence-corrected chi connectivity index (χ2v) is 5.71. The first-order valence-electron chi connectivity index (χ1n) is 6.60. The van der Waals surface area contributed by atoms with Gasteiger partial charge in [-0.1, -0.05) is 13.3 Å². The van der Waals surface area contributed by atoms with Crippen LogP contribution in [-0.4, -0.2) is 38.1 Å². The maximum Gasteiger partial charge on any atom is 0.0707 e. The van der Waals surface area contributed by atoms with Gasteiger partial charge < -0.3 is 14.2 Å². The summed E-state index contributed by atoms with van der Waals surface area (Å²) in [4.78, 5) is 0. The van der Waals surface area contributed by atoms with Gasteiger partial charge in [-0.05, 0) is 40.5 Å². The lowest BCUT2D eigenvalue weighted by molar-refractivity contribution is -0.0822. The molecule has 0 N–H and O–H groups in total. The minimum atomic E-state index is -0.138. The zero-order valence-corrected chi connectivity index (χ0v) is 12.5. The summed E-state index contributed by atoms with van der Waals surface area (Å²) >= 11 is 0. The van der Waals surface area contributed by atoms with Crippen molar-refractivity contribution in [3.63, 3.8) is 0 Å². The van der Waals surface area contributed by atoms with Crippen LogP contribution in [0.5, 0.6) is 0 Å². The Hall–Kier alpha value is -0.120. The summed E-state index contributed by atoms with van der Waals surface area (Å²) < 4.78 is 16.6. The fourth-order valence-electron chi connectivity index (χ4n) is 1.72. The monoisotopic (exact) mass is 246 g/mol. The molecule has 0 atom stereocenters. The molecule has 0 aliphatic carbocycles. The van der Waals surface area contributed by atoms with Crippen molar-refractivity contribution < 1.29 is 14.2 Å². The molecule has 3 heteroatoms. The molecule has 0 saturated heterocycles. The quantitative estimate of drug-likeness (QED) is 0.553. The van der Waals surface area contributed by atoms with Crippen molar-refractivity contribution in [2.24, 2.45) is 0 Å². The van der Waals surface area contributed by atoms with Crippen LogP contribution >= 0.6 is 0 Å². The summed E-state index contributed by atoms with van der Waals surface area (Å²) in [6.45, 7) is 12.7. The van der Waals surface area contributed by atoms with Gasteiger partial charge in [0.05, 0.1) is 31.0 Å². The molecule has 0 bridgehead atoms. The van der Waals surface area contributed by atoms with Gasteiger partial charge in [0, 0.05) is 7.11 Å². The Labute approximate surface area is 107 Å². The summed E-state index contributed by atoms with van der Waals surface area (Å²) in [6, 6.07) is 0. The minimum Gasteiger partial charge on any atom is -0.382 e. The van der Waals surface area contributed by atoms with E-state index in [-0.39, 0.29) is 11.2 Å². The average molecular weight is 246 g/mol. The topological polar surface area (TPSA) is 27.7 Å². The molecule has 0 rings (SSSR count). The molecule has 0 aromatic carbocycles. The highest BCUT2D eigenvalue weighted by Gasteiger charge is 2.21. The lowest BCUT2D eigenvalue weighted by atomic mass is 10.0. The number of hydrogen-bond donors (Lipinski definition) is 0. The fourth-order valence-corrected chi connectivity index (χ4v) is 1.72. The summed E-state index contributed by atoms with van der Waals surface area (Å²) in [5, 5.41) is 0. The third-order valence-corrected chi connectivity index (χ3v) is 2.83. The minimum absolute atomic E-state index is 0.0165. The van der Waals surface area contributed by atoms with Gasteiger partial charge in [0.15, 0.2) is 0 Å². The van der Waals surface area contributed by atoms with E-state index in [4.69, 9.17) is 14.2 Å². The van der Waals surface area contributed by atoms with E-state index < -0.39 is 0 Å². The van der Waals surface area contributed by atoms with Gasteiger partial charge in [-0.15, -0.1) is 0 Å². The molecule has 0 unspecified atom stereocenters. The Kier molecular flexibility index (Phi) is 8.01. The van der Waals surface area contributed by atoms with Crippen LogP contribution in [0.1, 0.15) is 53.9 Å². The van der Waals surface area contributed by atoms with Crippen LogP contribution in [0, 0.1) is 0 Å². The Morgan fingerprint density at radius 3 is 1.82 bits per heavy atom. The van der Waals surface area contributed by atoms with Crippen LogP contribution in [0.15, 0.2) is 0 Å². The molecular weight excluding hydrogens is 216 g/mol. The molecule has 0 fully saturated rings. The molecule has 3 nitrogen and oxygen atoms in total. The number of ether oxygens (including phenoxy) is 3. The van der Waals surface area contributed by atoms with Gasteiger partial charge in [-0.25, -0.2) is 0 Å². The first-order valence-corrected chi connectivity index (χ1v) is 6.60. The number of hydrogen-bond acceptors (Lipinski definition) is 3. The molecule has 0 aromatic rings. The van der Waals surface area contributed by atoms with Crippen LogP contribution in [0.4, 0.5) is 0 Å². The molecular formula is C14H30O3. The lowest BCUT2D eigenvalue weighted by Crippen LogP contribution is -2.31. The molecule has 104 valence electrons. The SMILES string of the molecule is CCCC(C)(C)OCCC(C)(C)OCCOC. The molecule has 17 heavy (non-hydrogen) atoms. The fraction of sp³-hybridized carbons (Fsp3) is 1.00. The third kappa shape index (κ3) is 9.57. The van der Waals surface area contributed by atoms with Crippen LogP contribution < -0.4 is 0 Å². The molecule has 0 amide bonds. The van der Waals surface area contributed by atoms with Gasteiger partial charge in [0.1, 0.15) is 0 Å². The Bertz CT molecular complexity index is 188. The van der Waals surface area contributed by atoms with Crippen molar-refractivity contribution in [1.29, 1.82) is 0 Å². The second-order valence-electron chi connectivity index (χ2n) is 5.71. The largest absolute Gasteiger partial charge is 0.382 e. The highest BCUT2D eigenvalue weighted by atomic mass is 16.5. The summed E-state index contributed by atoms with van der Waals surface area (Å²) in [6.07, 6.45) is 3.16. The van der Waals surface area contributed by atoms with E-state index in [9.17, 15) is 0 Å². The Balaban J connectivity index is 3.77. The summed E-state index contributed by atoms with van der Waals surface area (Å²) in [5.41, 5.74) is -0.155. The zero-order valence-electron chi connectivity index (χ0n) is 12.5. The second kappa shape index (κ2) is 8.06. The van der Waals surface area contributed by atoms with Gasteiger partial charge >= 0.3 is 0 Å². The zero-order chi connectivity index (χ0) is 13.4. The number of methoxy groups -OCH3 is 1. The summed E-state index contributed by atoms with van der Waals surface area (Å²) in [7, 11) is 1.69. The normalized spacial score (nSPS) is 13.1. The standard InChI is InChI=1S/C14H30O3/c1-7-8-13(2,3)16-10-9-14(4,5)17-12-11-15-6/h7-12H2,1-6H3. The van der Waals surface area contributed by atoms with E-state index >= 15 is 0 Å². The van der Waals surface area contributed by atoms with Gasteiger partial charge in [0.2, 0.25) is 0 Å². The van der Waals surface area contributed by atoms with Crippen LogP contribution in [0.3, 0.4) is 0 Å². The third-order valence-electron chi connectivity index (χ3n) is 2.83. The van der Waals surface area contributed by atoms with Crippen molar-refractivity contribution in [2.45, 2.75) is 65.1 Å². The van der Waals surface area contributed by atoms with Crippen molar-refractivity contribution in [3.8, 4) is 0 Å². The lowest BCUT2D eigenvalue weighted by Gasteiger charge is -2.29. The molecule has 0 radical (unpaired) electrons. The predicted octanol–water partition coefficient (Wildman–Crippen LogP) is 3.41. The predicted molar refractivity (Wildman–Crippen MR) is 71.5 cm³/mol. The molecule has 0 heterocycles. The smallest absolute Gasteiger partial charge is 0.0707 e. The van der Waals surface area contributed by atoms with Crippen LogP contribution in [0.25, 0.3) is 0 Å². The van der Waals surface area contributed by atoms with E-state index in [2.05, 4.69) is 34.6 Å². The molecule has 0 aliphatic rings. The molecule has 0 spiro atoms. The van der Waals surface area contributed by atoms with Gasteiger partial charge in [-0.2, -0.15) is 0 Å². The Morgan fingerprint density at radius 1 is 0.765 bits per heavy atom. The van der Waals surface area contributed by atoms with Crippen molar-refractivity contribution in [2.75, 3.05) is 26.9 Å².